The van der Waals surface area contributed by atoms with Crippen LogP contribution in [0.1, 0.15) is 55.6 Å². The summed E-state index contributed by atoms with van der Waals surface area (Å²) in [6.45, 7) is 9.49. The maximum absolute atomic E-state index is 11.8. The van der Waals surface area contributed by atoms with Crippen LogP contribution in [0.4, 0.5) is 5.69 Å². The molecule has 1 N–H and O–H groups in total. The number of aliphatic hydroxyl groups is 1. The lowest BCUT2D eigenvalue weighted by molar-refractivity contribution is -0.656. The molecule has 2 heterocycles. The lowest BCUT2D eigenvalue weighted by Gasteiger charge is -2.26. The minimum atomic E-state index is -1.06. The van der Waals surface area contributed by atoms with E-state index in [-0.39, 0.29) is 11.2 Å². The Kier molecular flexibility index (Phi) is 5.07. The van der Waals surface area contributed by atoms with Crippen LogP contribution in [-0.4, -0.2) is 39.5 Å². The second kappa shape index (κ2) is 7.29. The number of hydrogen-bond acceptors (Lipinski definition) is 4. The van der Waals surface area contributed by atoms with Crippen molar-refractivity contribution in [3.63, 3.8) is 0 Å². The van der Waals surface area contributed by atoms with Gasteiger partial charge >= 0.3 is 5.17 Å². The number of hydrogen-bond donors (Lipinski definition) is 1. The maximum Gasteiger partial charge on any atom is 0.316 e. The standard InChI is InChI=1S/C24H29N2O2S/c1-17(27)18-6-12-21(13-7-18)25-16-24(28,26-14-5-15-29-22(25)26)20-10-8-19(9-11-20)23(2,3)4/h6-13,28H,5,14-16H2,1-4H3/q+1. The van der Waals surface area contributed by atoms with E-state index in [9.17, 15) is 9.90 Å². The lowest BCUT2D eigenvalue weighted by atomic mass is 9.86. The van der Waals surface area contributed by atoms with Gasteiger partial charge in [-0.1, -0.05) is 45.0 Å². The topological polar surface area (TPSA) is 43.6 Å². The molecule has 2 aromatic carbocycles. The molecule has 5 heteroatoms. The molecular weight excluding hydrogens is 380 g/mol. The van der Waals surface area contributed by atoms with E-state index in [4.69, 9.17) is 0 Å². The molecular formula is C24H29N2O2S+. The smallest absolute Gasteiger partial charge is 0.316 e. The Bertz CT molecular complexity index is 958. The molecule has 4 rings (SSSR count). The Balaban J connectivity index is 1.72. The molecule has 0 bridgehead atoms. The van der Waals surface area contributed by atoms with Crippen molar-refractivity contribution in [1.82, 2.24) is 0 Å². The Morgan fingerprint density at radius 2 is 1.76 bits per heavy atom. The first-order valence-corrected chi connectivity index (χ1v) is 11.2. The number of thioether (sulfide) groups is 1. The number of Topliss-reactive ketones (excluding diaryl/α,β-unsaturated/α-hetero) is 1. The van der Waals surface area contributed by atoms with Gasteiger partial charge in [-0.05, 0) is 60.4 Å². The number of benzene rings is 2. The number of nitrogens with zero attached hydrogens (tertiary/aromatic N) is 2. The third-order valence-corrected chi connectivity index (χ3v) is 7.03. The molecule has 0 fully saturated rings. The number of carbonyl (C=O) groups excluding carboxylic acids is 1. The molecule has 4 nitrogen and oxygen atoms in total. The fraction of sp³-hybridized carbons (Fsp3) is 0.417. The third-order valence-electron chi connectivity index (χ3n) is 5.84. The number of β-amino-alcohol motifs (C(OH)–C–C–N with tert-alkyl or cyclic N) is 1. The predicted molar refractivity (Wildman–Crippen MR) is 120 cm³/mol. The Morgan fingerprint density at radius 1 is 1.10 bits per heavy atom. The summed E-state index contributed by atoms with van der Waals surface area (Å²) in [6, 6.07) is 16.1. The number of amidine groups is 1. The van der Waals surface area contributed by atoms with Gasteiger partial charge in [0.25, 0.3) is 5.72 Å². The minimum Gasteiger partial charge on any atom is -0.346 e. The molecule has 0 radical (unpaired) electrons. The predicted octanol–water partition coefficient (Wildman–Crippen LogP) is 4.36. The second-order valence-corrected chi connectivity index (χ2v) is 10.0. The van der Waals surface area contributed by atoms with Crippen LogP contribution in [0.15, 0.2) is 48.5 Å². The highest BCUT2D eigenvalue weighted by Crippen LogP contribution is 2.38. The fourth-order valence-electron chi connectivity index (χ4n) is 4.06. The van der Waals surface area contributed by atoms with Gasteiger partial charge in [-0.15, -0.1) is 0 Å². The Morgan fingerprint density at radius 3 is 2.34 bits per heavy atom. The summed E-state index contributed by atoms with van der Waals surface area (Å²) in [5, 5.41) is 12.9. The number of carbonyl (C=O) groups is 1. The van der Waals surface area contributed by atoms with E-state index in [2.05, 4.69) is 54.5 Å². The van der Waals surface area contributed by atoms with E-state index in [1.54, 1.807) is 18.7 Å². The van der Waals surface area contributed by atoms with Crippen LogP contribution in [-0.2, 0) is 11.1 Å². The van der Waals surface area contributed by atoms with Gasteiger partial charge < -0.3 is 5.11 Å². The fourth-order valence-corrected chi connectivity index (χ4v) is 5.24. The molecule has 0 aliphatic carbocycles. The first kappa shape index (κ1) is 20.2. The molecule has 0 amide bonds. The molecule has 0 saturated heterocycles. The largest absolute Gasteiger partial charge is 0.346 e. The number of ketones is 1. The second-order valence-electron chi connectivity index (χ2n) is 8.97. The van der Waals surface area contributed by atoms with E-state index >= 15 is 0 Å². The quantitative estimate of drug-likeness (QED) is 0.604. The van der Waals surface area contributed by atoms with E-state index in [1.807, 2.05) is 24.3 Å². The van der Waals surface area contributed by atoms with Crippen molar-refractivity contribution in [2.45, 2.75) is 45.3 Å². The maximum atomic E-state index is 11.8. The summed E-state index contributed by atoms with van der Waals surface area (Å²) in [5.41, 5.74) is 2.92. The van der Waals surface area contributed by atoms with Crippen LogP contribution in [0, 0.1) is 0 Å². The van der Waals surface area contributed by atoms with Crippen LogP contribution < -0.4 is 4.90 Å². The Labute approximate surface area is 177 Å². The summed E-state index contributed by atoms with van der Waals surface area (Å²) in [5.74, 6) is 1.11. The van der Waals surface area contributed by atoms with Crippen LogP contribution in [0.2, 0.25) is 0 Å². The van der Waals surface area contributed by atoms with E-state index in [0.717, 1.165) is 35.1 Å². The summed E-state index contributed by atoms with van der Waals surface area (Å²) in [7, 11) is 0. The third kappa shape index (κ3) is 3.62. The lowest BCUT2D eigenvalue weighted by Crippen LogP contribution is -2.41. The summed E-state index contributed by atoms with van der Waals surface area (Å²) in [4.78, 5) is 13.8. The van der Waals surface area contributed by atoms with Crippen LogP contribution >= 0.6 is 11.8 Å². The summed E-state index contributed by atoms with van der Waals surface area (Å²) < 4.78 is 2.14. The van der Waals surface area contributed by atoms with Gasteiger partial charge in [0, 0.05) is 16.9 Å². The SMILES string of the molecule is CC(=O)c1ccc(N2CC(O)(c3ccc(C(C)(C)C)cc3)[N+]3=C2SCCC3)cc1. The minimum absolute atomic E-state index is 0.0646. The molecule has 2 aliphatic heterocycles. The van der Waals surface area contributed by atoms with Crippen molar-refractivity contribution in [2.75, 3.05) is 23.7 Å². The number of anilines is 1. The van der Waals surface area contributed by atoms with Crippen LogP contribution in [0.3, 0.4) is 0 Å². The van der Waals surface area contributed by atoms with Gasteiger partial charge in [0.15, 0.2) is 12.3 Å². The molecule has 0 saturated carbocycles. The van der Waals surface area contributed by atoms with Crippen molar-refractivity contribution in [1.29, 1.82) is 0 Å². The molecule has 0 spiro atoms. The van der Waals surface area contributed by atoms with Crippen molar-refractivity contribution in [3.8, 4) is 0 Å². The molecule has 0 aromatic heterocycles. The average Bonchev–Trinajstić information content (AvgIpc) is 3.02. The normalized spacial score (nSPS) is 22.0. The van der Waals surface area contributed by atoms with E-state index in [0.29, 0.717) is 12.1 Å². The molecule has 1 unspecified atom stereocenters. The molecule has 152 valence electrons. The Hall–Kier alpha value is -2.11. The van der Waals surface area contributed by atoms with Crippen LogP contribution in [0.5, 0.6) is 0 Å². The van der Waals surface area contributed by atoms with Gasteiger partial charge in [-0.25, -0.2) is 9.48 Å². The zero-order valence-corrected chi connectivity index (χ0v) is 18.4. The van der Waals surface area contributed by atoms with Gasteiger partial charge in [-0.3, -0.25) is 4.79 Å². The summed E-state index contributed by atoms with van der Waals surface area (Å²) in [6.07, 6.45) is 1.05. The molecule has 2 aliphatic rings. The molecule has 2 aromatic rings. The zero-order valence-electron chi connectivity index (χ0n) is 17.6. The molecule has 29 heavy (non-hydrogen) atoms. The van der Waals surface area contributed by atoms with E-state index < -0.39 is 5.72 Å². The van der Waals surface area contributed by atoms with Gasteiger partial charge in [0.1, 0.15) is 5.69 Å². The highest BCUT2D eigenvalue weighted by atomic mass is 32.2. The van der Waals surface area contributed by atoms with E-state index in [1.165, 1.54) is 5.56 Å². The first-order valence-electron chi connectivity index (χ1n) is 10.2. The average molecular weight is 410 g/mol. The van der Waals surface area contributed by atoms with Crippen molar-refractivity contribution < 1.29 is 14.5 Å². The van der Waals surface area contributed by atoms with Gasteiger partial charge in [0.05, 0.1) is 6.54 Å². The van der Waals surface area contributed by atoms with Gasteiger partial charge in [-0.2, -0.15) is 0 Å². The van der Waals surface area contributed by atoms with Crippen molar-refractivity contribution in [2.24, 2.45) is 0 Å². The summed E-state index contributed by atoms with van der Waals surface area (Å²) >= 11 is 1.79. The monoisotopic (exact) mass is 409 g/mol. The highest BCUT2D eigenvalue weighted by Gasteiger charge is 2.53. The zero-order chi connectivity index (χ0) is 20.8. The first-order chi connectivity index (χ1) is 13.7. The number of rotatable bonds is 3. The highest BCUT2D eigenvalue weighted by molar-refractivity contribution is 8.13. The van der Waals surface area contributed by atoms with Crippen LogP contribution in [0.25, 0.3) is 0 Å². The molecule has 1 atom stereocenters. The van der Waals surface area contributed by atoms with Gasteiger partial charge in [0.2, 0.25) is 0 Å². The van der Waals surface area contributed by atoms with Crippen molar-refractivity contribution >= 4 is 28.4 Å². The van der Waals surface area contributed by atoms with Crippen molar-refractivity contribution in [3.05, 3.63) is 65.2 Å².